The van der Waals surface area contributed by atoms with Crippen LogP contribution in [0.3, 0.4) is 0 Å². The van der Waals surface area contributed by atoms with Crippen LogP contribution in [-0.4, -0.2) is 40.1 Å². The molecule has 0 saturated heterocycles. The Hall–Kier alpha value is -2.38. The second-order valence-corrected chi connectivity index (χ2v) is 6.53. The van der Waals surface area contributed by atoms with Crippen LogP contribution < -0.4 is 10.1 Å². The molecule has 0 bridgehead atoms. The van der Waals surface area contributed by atoms with Crippen molar-refractivity contribution in [3.8, 4) is 5.75 Å². The minimum Gasteiger partial charge on any atom is -0.491 e. The first-order valence-corrected chi connectivity index (χ1v) is 8.81. The number of aryl methyl sites for hydroxylation is 1. The second-order valence-electron chi connectivity index (χ2n) is 6.53. The molecule has 2 heterocycles. The molecule has 1 aliphatic rings. The van der Waals surface area contributed by atoms with Gasteiger partial charge in [-0.2, -0.15) is 5.10 Å². The van der Waals surface area contributed by atoms with Crippen LogP contribution in [0.5, 0.6) is 5.75 Å². The summed E-state index contributed by atoms with van der Waals surface area (Å²) < 4.78 is 12.9. The van der Waals surface area contributed by atoms with Gasteiger partial charge in [-0.15, -0.1) is 0 Å². The number of ether oxygens (including phenoxy) is 2. The van der Waals surface area contributed by atoms with Crippen molar-refractivity contribution in [2.45, 2.75) is 39.0 Å². The Bertz CT molecular complexity index is 770. The van der Waals surface area contributed by atoms with Gasteiger partial charge in [0, 0.05) is 25.6 Å². The highest BCUT2D eigenvalue weighted by atomic mass is 16.5. The number of benzene rings is 1. The van der Waals surface area contributed by atoms with Crippen LogP contribution in [0.2, 0.25) is 0 Å². The van der Waals surface area contributed by atoms with Crippen LogP contribution in [0.1, 0.15) is 47.3 Å². The summed E-state index contributed by atoms with van der Waals surface area (Å²) in [5, 5.41) is 16.1. The molecule has 0 unspecified atom stereocenters. The summed E-state index contributed by atoms with van der Waals surface area (Å²) in [7, 11) is 1.84. The third-order valence-corrected chi connectivity index (χ3v) is 4.46. The zero-order chi connectivity index (χ0) is 18.7. The standard InChI is InChI=1S/C19H25N3O4/c1-12-10-16-17(21-22(3)18(16)13(2)26-12)19(24)20-11-14-4-6-15(7-5-14)25-9-8-23/h4-7,12-13,23H,8-11H2,1-3H3,(H,20,24)/t12-,13+/m1/s1. The number of hydrogen-bond donors (Lipinski definition) is 2. The molecule has 0 aliphatic carbocycles. The van der Waals surface area contributed by atoms with Crippen molar-refractivity contribution in [1.82, 2.24) is 15.1 Å². The number of aliphatic hydroxyl groups is 1. The highest BCUT2D eigenvalue weighted by Gasteiger charge is 2.31. The molecule has 2 aromatic rings. The molecule has 0 spiro atoms. The quantitative estimate of drug-likeness (QED) is 0.821. The molecule has 1 amide bonds. The molecule has 140 valence electrons. The fourth-order valence-electron chi connectivity index (χ4n) is 3.35. The van der Waals surface area contributed by atoms with Gasteiger partial charge < -0.3 is 19.9 Å². The van der Waals surface area contributed by atoms with E-state index < -0.39 is 0 Å². The van der Waals surface area contributed by atoms with Crippen molar-refractivity contribution in [3.63, 3.8) is 0 Å². The van der Waals surface area contributed by atoms with E-state index in [0.29, 0.717) is 24.4 Å². The lowest BCUT2D eigenvalue weighted by Gasteiger charge is -2.26. The van der Waals surface area contributed by atoms with E-state index in [1.807, 2.05) is 45.2 Å². The van der Waals surface area contributed by atoms with E-state index in [-0.39, 0.29) is 31.3 Å². The highest BCUT2D eigenvalue weighted by Crippen LogP contribution is 2.31. The Morgan fingerprint density at radius 3 is 2.81 bits per heavy atom. The largest absolute Gasteiger partial charge is 0.491 e. The van der Waals surface area contributed by atoms with Gasteiger partial charge in [0.05, 0.1) is 24.5 Å². The first-order valence-electron chi connectivity index (χ1n) is 8.81. The van der Waals surface area contributed by atoms with Gasteiger partial charge in [0.1, 0.15) is 12.4 Å². The number of aromatic nitrogens is 2. The SMILES string of the molecule is C[C@@H]1Cc2c(C(=O)NCc3ccc(OCCO)cc3)nn(C)c2[C@H](C)O1. The van der Waals surface area contributed by atoms with Gasteiger partial charge in [-0.05, 0) is 31.5 Å². The van der Waals surface area contributed by atoms with Crippen LogP contribution in [0, 0.1) is 0 Å². The molecule has 0 fully saturated rings. The normalized spacial score (nSPS) is 19.1. The summed E-state index contributed by atoms with van der Waals surface area (Å²) in [5.74, 6) is 0.514. The lowest BCUT2D eigenvalue weighted by molar-refractivity contribution is -0.00903. The molecule has 1 aromatic heterocycles. The lowest BCUT2D eigenvalue weighted by atomic mass is 9.99. The van der Waals surface area contributed by atoms with Gasteiger partial charge in [-0.1, -0.05) is 12.1 Å². The van der Waals surface area contributed by atoms with Gasteiger partial charge in [-0.3, -0.25) is 9.48 Å². The van der Waals surface area contributed by atoms with Crippen LogP contribution in [-0.2, 0) is 24.8 Å². The second kappa shape index (κ2) is 7.88. The molecule has 7 nitrogen and oxygen atoms in total. The number of rotatable bonds is 6. The van der Waals surface area contributed by atoms with Crippen molar-refractivity contribution >= 4 is 5.91 Å². The van der Waals surface area contributed by atoms with Gasteiger partial charge in [0.15, 0.2) is 5.69 Å². The maximum absolute atomic E-state index is 12.6. The number of nitrogens with one attached hydrogen (secondary N) is 1. The topological polar surface area (TPSA) is 85.6 Å². The summed E-state index contributed by atoms with van der Waals surface area (Å²) >= 11 is 0. The Kier molecular flexibility index (Phi) is 5.58. The van der Waals surface area contributed by atoms with Crippen LogP contribution >= 0.6 is 0 Å². The maximum atomic E-state index is 12.6. The third-order valence-electron chi connectivity index (χ3n) is 4.46. The Balaban J connectivity index is 1.67. The molecule has 3 rings (SSSR count). The number of nitrogens with zero attached hydrogens (tertiary/aromatic N) is 2. The number of carbonyl (C=O) groups is 1. The fourth-order valence-corrected chi connectivity index (χ4v) is 3.35. The minimum atomic E-state index is -0.177. The summed E-state index contributed by atoms with van der Waals surface area (Å²) in [6, 6.07) is 7.42. The average Bonchev–Trinajstić information content (AvgIpc) is 2.95. The van der Waals surface area contributed by atoms with Crippen molar-refractivity contribution < 1.29 is 19.4 Å². The fraction of sp³-hybridized carbons (Fsp3) is 0.474. The zero-order valence-electron chi connectivity index (χ0n) is 15.4. The van der Waals surface area contributed by atoms with Gasteiger partial charge in [0.25, 0.3) is 5.91 Å². The number of hydrogen-bond acceptors (Lipinski definition) is 5. The maximum Gasteiger partial charge on any atom is 0.272 e. The van der Waals surface area contributed by atoms with Gasteiger partial charge in [-0.25, -0.2) is 0 Å². The van der Waals surface area contributed by atoms with E-state index in [2.05, 4.69) is 10.4 Å². The molecule has 2 atom stereocenters. The molecule has 26 heavy (non-hydrogen) atoms. The minimum absolute atomic E-state index is 0.0194. The van der Waals surface area contributed by atoms with Crippen molar-refractivity contribution in [2.75, 3.05) is 13.2 Å². The monoisotopic (exact) mass is 359 g/mol. The third kappa shape index (κ3) is 3.89. The predicted octanol–water partition coefficient (Wildman–Crippen LogP) is 1.74. The summed E-state index contributed by atoms with van der Waals surface area (Å²) in [6.07, 6.45) is 0.687. The van der Waals surface area contributed by atoms with Crippen molar-refractivity contribution in [3.05, 3.63) is 46.8 Å². The smallest absolute Gasteiger partial charge is 0.272 e. The molecule has 0 radical (unpaired) electrons. The first-order chi connectivity index (χ1) is 12.5. The van der Waals surface area contributed by atoms with Crippen LogP contribution in [0.25, 0.3) is 0 Å². The Labute approximate surface area is 152 Å². The van der Waals surface area contributed by atoms with Crippen LogP contribution in [0.4, 0.5) is 0 Å². The molecule has 0 saturated carbocycles. The first kappa shape index (κ1) is 18.4. The van der Waals surface area contributed by atoms with E-state index in [4.69, 9.17) is 14.6 Å². The molecule has 1 aromatic carbocycles. The predicted molar refractivity (Wildman–Crippen MR) is 96.1 cm³/mol. The van der Waals surface area contributed by atoms with E-state index in [0.717, 1.165) is 16.8 Å². The Morgan fingerprint density at radius 2 is 2.12 bits per heavy atom. The number of carbonyl (C=O) groups excluding carboxylic acids is 1. The molecule has 2 N–H and O–H groups in total. The summed E-state index contributed by atoms with van der Waals surface area (Å²) in [6.45, 7) is 4.65. The van der Waals surface area contributed by atoms with E-state index >= 15 is 0 Å². The van der Waals surface area contributed by atoms with E-state index in [9.17, 15) is 4.79 Å². The van der Waals surface area contributed by atoms with Crippen LogP contribution in [0.15, 0.2) is 24.3 Å². The number of fused-ring (bicyclic) bond motifs is 1. The zero-order valence-corrected chi connectivity index (χ0v) is 15.4. The molecular formula is C19H25N3O4. The van der Waals surface area contributed by atoms with E-state index in [1.165, 1.54) is 0 Å². The summed E-state index contributed by atoms with van der Waals surface area (Å²) in [5.41, 5.74) is 3.39. The Morgan fingerprint density at radius 1 is 1.38 bits per heavy atom. The number of aliphatic hydroxyl groups excluding tert-OH is 1. The molecule has 1 aliphatic heterocycles. The van der Waals surface area contributed by atoms with Gasteiger partial charge >= 0.3 is 0 Å². The number of amides is 1. The molecule has 7 heteroatoms. The average molecular weight is 359 g/mol. The lowest BCUT2D eigenvalue weighted by Crippen LogP contribution is -2.27. The molecular weight excluding hydrogens is 334 g/mol. The van der Waals surface area contributed by atoms with Gasteiger partial charge in [0.2, 0.25) is 0 Å². The van der Waals surface area contributed by atoms with Crippen molar-refractivity contribution in [1.29, 1.82) is 0 Å². The van der Waals surface area contributed by atoms with Crippen molar-refractivity contribution in [2.24, 2.45) is 7.05 Å². The highest BCUT2D eigenvalue weighted by molar-refractivity contribution is 5.94. The van der Waals surface area contributed by atoms with E-state index in [1.54, 1.807) is 4.68 Å². The summed E-state index contributed by atoms with van der Waals surface area (Å²) in [4.78, 5) is 12.6.